The maximum absolute atomic E-state index is 12.2. The molecule has 1 unspecified atom stereocenters. The van der Waals surface area contributed by atoms with Gasteiger partial charge in [-0.1, -0.05) is 54.6 Å². The predicted molar refractivity (Wildman–Crippen MR) is 79.8 cm³/mol. The van der Waals surface area contributed by atoms with Crippen LogP contribution in [0.2, 0.25) is 0 Å². The van der Waals surface area contributed by atoms with Crippen LogP contribution in [-0.2, 0) is 33.5 Å². The average molecular weight is 288 g/mol. The van der Waals surface area contributed by atoms with Gasteiger partial charge in [-0.15, -0.1) is 0 Å². The van der Waals surface area contributed by atoms with E-state index in [-0.39, 0.29) is 6.42 Å². The van der Waals surface area contributed by atoms with Crippen molar-refractivity contribution in [3.05, 3.63) is 71.3 Å². The minimum Gasteiger partial charge on any atom is -0.481 e. The lowest BCUT2D eigenvalue weighted by molar-refractivity contribution is -0.136. The van der Waals surface area contributed by atoms with Gasteiger partial charge in [-0.05, 0) is 16.7 Å². The summed E-state index contributed by atoms with van der Waals surface area (Å²) in [6.45, 7) is 0. The van der Waals surface area contributed by atoms with Gasteiger partial charge in [0.1, 0.15) is 0 Å². The summed E-state index contributed by atoms with van der Waals surface area (Å²) in [5.41, 5.74) is 2.62. The zero-order chi connectivity index (χ0) is 14.4. The Morgan fingerprint density at radius 2 is 1.50 bits per heavy atom. The topological polar surface area (TPSA) is 54.4 Å². The average Bonchev–Trinajstić information content (AvgIpc) is 2.41. The van der Waals surface area contributed by atoms with E-state index >= 15 is 0 Å². The Morgan fingerprint density at radius 1 is 0.900 bits per heavy atom. The first-order valence-electron chi connectivity index (χ1n) is 6.32. The molecule has 0 aliphatic heterocycles. The molecule has 0 saturated carbocycles. The summed E-state index contributed by atoms with van der Waals surface area (Å²) in [4.78, 5) is 10.8. The molecular weight excluding hydrogens is 272 g/mol. The number of carboxylic acids is 1. The second-order valence-corrected chi connectivity index (χ2v) is 6.01. The molecule has 2 aromatic rings. The Balaban J connectivity index is 2.06. The Morgan fingerprint density at radius 3 is 2.15 bits per heavy atom. The van der Waals surface area contributed by atoms with Crippen molar-refractivity contribution < 1.29 is 14.1 Å². The molecule has 0 aliphatic rings. The zero-order valence-electron chi connectivity index (χ0n) is 11.0. The molecule has 0 saturated heterocycles. The minimum absolute atomic E-state index is 0.0291. The van der Waals surface area contributed by atoms with Crippen LogP contribution in [0.3, 0.4) is 0 Å². The Labute approximate surface area is 120 Å². The van der Waals surface area contributed by atoms with Gasteiger partial charge in [0.15, 0.2) is 0 Å². The van der Waals surface area contributed by atoms with E-state index in [2.05, 4.69) is 0 Å². The second-order valence-electron chi connectivity index (χ2n) is 4.55. The van der Waals surface area contributed by atoms with Gasteiger partial charge in [-0.25, -0.2) is 0 Å². The van der Waals surface area contributed by atoms with Crippen LogP contribution in [-0.4, -0.2) is 15.3 Å². The van der Waals surface area contributed by atoms with E-state index in [4.69, 9.17) is 5.11 Å². The molecule has 0 aliphatic carbocycles. The second kappa shape index (κ2) is 7.01. The summed E-state index contributed by atoms with van der Waals surface area (Å²) in [5, 5.41) is 8.88. The number of aliphatic carboxylic acids is 1. The Hall–Kier alpha value is -1.94. The molecule has 104 valence electrons. The fourth-order valence-corrected chi connectivity index (χ4v) is 3.31. The molecule has 0 spiro atoms. The van der Waals surface area contributed by atoms with Gasteiger partial charge in [-0.2, -0.15) is 0 Å². The summed E-state index contributed by atoms with van der Waals surface area (Å²) in [6.07, 6.45) is -0.0291. The third-order valence-corrected chi connectivity index (χ3v) is 4.24. The molecule has 2 rings (SSSR count). The van der Waals surface area contributed by atoms with Gasteiger partial charge in [0.05, 0.1) is 6.42 Å². The van der Waals surface area contributed by atoms with E-state index in [1.54, 1.807) is 6.07 Å². The number of hydrogen-bond acceptors (Lipinski definition) is 2. The van der Waals surface area contributed by atoms with Crippen molar-refractivity contribution in [2.45, 2.75) is 17.9 Å². The molecule has 1 atom stereocenters. The van der Waals surface area contributed by atoms with E-state index in [1.807, 2.05) is 48.5 Å². The van der Waals surface area contributed by atoms with Crippen molar-refractivity contribution in [3.63, 3.8) is 0 Å². The summed E-state index contributed by atoms with van der Waals surface area (Å²) < 4.78 is 12.2. The molecular formula is C16H16O3S. The van der Waals surface area contributed by atoms with Crippen molar-refractivity contribution >= 4 is 16.8 Å². The first kappa shape index (κ1) is 14.5. The van der Waals surface area contributed by atoms with E-state index in [0.29, 0.717) is 11.5 Å². The third kappa shape index (κ3) is 4.31. The van der Waals surface area contributed by atoms with Gasteiger partial charge in [0.25, 0.3) is 0 Å². The number of hydrogen-bond donors (Lipinski definition) is 1. The molecule has 0 radical (unpaired) electrons. The fraction of sp³-hybridized carbons (Fsp3) is 0.188. The summed E-state index contributed by atoms with van der Waals surface area (Å²) >= 11 is 0. The van der Waals surface area contributed by atoms with E-state index in [0.717, 1.165) is 16.7 Å². The molecule has 3 nitrogen and oxygen atoms in total. The van der Waals surface area contributed by atoms with Gasteiger partial charge >= 0.3 is 5.97 Å². The molecule has 0 fully saturated rings. The SMILES string of the molecule is O=C(O)Cc1ccccc1CS(=O)Cc1ccccc1. The van der Waals surface area contributed by atoms with E-state index in [9.17, 15) is 9.00 Å². The van der Waals surface area contributed by atoms with Crippen LogP contribution in [0.15, 0.2) is 54.6 Å². The van der Waals surface area contributed by atoms with Gasteiger partial charge in [-0.3, -0.25) is 9.00 Å². The van der Waals surface area contributed by atoms with Crippen molar-refractivity contribution in [2.24, 2.45) is 0 Å². The molecule has 1 N–H and O–H groups in total. The highest BCUT2D eigenvalue weighted by Crippen LogP contribution is 2.14. The third-order valence-electron chi connectivity index (χ3n) is 2.95. The summed E-state index contributed by atoms with van der Waals surface area (Å²) in [5.74, 6) is 0.00641. The highest BCUT2D eigenvalue weighted by atomic mass is 32.2. The monoisotopic (exact) mass is 288 g/mol. The lowest BCUT2D eigenvalue weighted by atomic mass is 10.1. The largest absolute Gasteiger partial charge is 0.481 e. The maximum atomic E-state index is 12.2. The van der Waals surface area contributed by atoms with Crippen molar-refractivity contribution in [1.82, 2.24) is 0 Å². The highest BCUT2D eigenvalue weighted by Gasteiger charge is 2.09. The first-order valence-corrected chi connectivity index (χ1v) is 7.81. The van der Waals surface area contributed by atoms with Crippen molar-refractivity contribution in [3.8, 4) is 0 Å². The number of benzene rings is 2. The standard InChI is InChI=1S/C16H16O3S/c17-16(18)10-14-8-4-5-9-15(14)12-20(19)11-13-6-2-1-3-7-13/h1-9H,10-12H2,(H,17,18). The highest BCUT2D eigenvalue weighted by molar-refractivity contribution is 7.83. The molecule has 0 bridgehead atoms. The zero-order valence-corrected chi connectivity index (χ0v) is 11.8. The van der Waals surface area contributed by atoms with Crippen LogP contribution >= 0.6 is 0 Å². The fourth-order valence-electron chi connectivity index (χ4n) is 2.02. The Kier molecular flexibility index (Phi) is 5.07. The Bertz CT molecular complexity index is 608. The van der Waals surface area contributed by atoms with Crippen LogP contribution in [0.25, 0.3) is 0 Å². The molecule has 4 heteroatoms. The van der Waals surface area contributed by atoms with Crippen LogP contribution in [0.5, 0.6) is 0 Å². The number of carbonyl (C=O) groups is 1. The summed E-state index contributed by atoms with van der Waals surface area (Å²) in [7, 11) is -1.04. The maximum Gasteiger partial charge on any atom is 0.307 e. The van der Waals surface area contributed by atoms with Gasteiger partial charge in [0, 0.05) is 22.3 Å². The molecule has 0 aromatic heterocycles. The number of rotatable bonds is 6. The van der Waals surface area contributed by atoms with Crippen molar-refractivity contribution in [1.29, 1.82) is 0 Å². The van der Waals surface area contributed by atoms with E-state index < -0.39 is 16.8 Å². The molecule has 0 amide bonds. The van der Waals surface area contributed by atoms with Gasteiger partial charge < -0.3 is 5.11 Å². The summed E-state index contributed by atoms with van der Waals surface area (Å²) in [6, 6.07) is 16.9. The minimum atomic E-state index is -1.04. The lowest BCUT2D eigenvalue weighted by Gasteiger charge is -2.08. The lowest BCUT2D eigenvalue weighted by Crippen LogP contribution is -2.06. The molecule has 20 heavy (non-hydrogen) atoms. The van der Waals surface area contributed by atoms with Crippen LogP contribution < -0.4 is 0 Å². The van der Waals surface area contributed by atoms with Crippen LogP contribution in [0.1, 0.15) is 16.7 Å². The smallest absolute Gasteiger partial charge is 0.307 e. The van der Waals surface area contributed by atoms with Crippen LogP contribution in [0, 0.1) is 0 Å². The number of carboxylic acid groups (broad SMARTS) is 1. The molecule has 2 aromatic carbocycles. The van der Waals surface area contributed by atoms with Crippen molar-refractivity contribution in [2.75, 3.05) is 0 Å². The first-order chi connectivity index (χ1) is 9.65. The van der Waals surface area contributed by atoms with E-state index in [1.165, 1.54) is 0 Å². The normalized spacial score (nSPS) is 12.0. The quantitative estimate of drug-likeness (QED) is 0.889. The van der Waals surface area contributed by atoms with Gasteiger partial charge in [0.2, 0.25) is 0 Å². The van der Waals surface area contributed by atoms with Crippen LogP contribution in [0.4, 0.5) is 0 Å². The molecule has 0 heterocycles. The predicted octanol–water partition coefficient (Wildman–Crippen LogP) is 2.76.